The highest BCUT2D eigenvalue weighted by Gasteiger charge is 2.30. The summed E-state index contributed by atoms with van der Waals surface area (Å²) in [5.74, 6) is -1.64. The van der Waals surface area contributed by atoms with Crippen molar-refractivity contribution in [3.05, 3.63) is 58.6 Å². The number of nitro benzene ring substituents is 1. The van der Waals surface area contributed by atoms with Crippen LogP contribution in [0.4, 0.5) is 17.1 Å². The van der Waals surface area contributed by atoms with Crippen LogP contribution in [0.3, 0.4) is 0 Å². The number of benzene rings is 2. The Bertz CT molecular complexity index is 980. The molecule has 2 N–H and O–H groups in total. The third-order valence-electron chi connectivity index (χ3n) is 4.06. The zero-order valence-electron chi connectivity index (χ0n) is 15.3. The Balaban J connectivity index is 1.55. The molecule has 2 amide bonds. The Morgan fingerprint density at radius 1 is 1.28 bits per heavy atom. The first kappa shape index (κ1) is 20.3. The number of rotatable bonds is 6. The molecule has 0 aromatic heterocycles. The first-order valence-corrected chi connectivity index (χ1v) is 9.53. The highest BCUT2D eigenvalue weighted by Crippen LogP contribution is 2.36. The fourth-order valence-electron chi connectivity index (χ4n) is 2.62. The minimum Gasteiger partial charge on any atom is -0.452 e. The van der Waals surface area contributed by atoms with Crippen LogP contribution in [-0.4, -0.2) is 34.1 Å². The van der Waals surface area contributed by atoms with Gasteiger partial charge in [0.05, 0.1) is 22.3 Å². The molecule has 1 heterocycles. The molecule has 150 valence electrons. The van der Waals surface area contributed by atoms with Crippen molar-refractivity contribution < 1.29 is 24.0 Å². The second-order valence-electron chi connectivity index (χ2n) is 6.22. The van der Waals surface area contributed by atoms with Crippen molar-refractivity contribution in [3.8, 4) is 0 Å². The topological polar surface area (TPSA) is 128 Å². The minimum absolute atomic E-state index is 0.173. The van der Waals surface area contributed by atoms with Gasteiger partial charge in [-0.2, -0.15) is 0 Å². The van der Waals surface area contributed by atoms with E-state index < -0.39 is 28.2 Å². The van der Waals surface area contributed by atoms with Crippen LogP contribution in [0, 0.1) is 10.1 Å². The van der Waals surface area contributed by atoms with Gasteiger partial charge < -0.3 is 15.4 Å². The molecule has 29 heavy (non-hydrogen) atoms. The van der Waals surface area contributed by atoms with Crippen molar-refractivity contribution in [2.75, 3.05) is 10.6 Å². The SMILES string of the molecule is C[C@@H](OC(=O)C[C@@H]1Sc2ccccc2NC1=O)C(=O)Nc1cccc([N+](=O)[O-])c1. The highest BCUT2D eigenvalue weighted by atomic mass is 32.2. The smallest absolute Gasteiger partial charge is 0.308 e. The van der Waals surface area contributed by atoms with E-state index in [-0.39, 0.29) is 23.7 Å². The van der Waals surface area contributed by atoms with Crippen molar-refractivity contribution in [2.24, 2.45) is 0 Å². The lowest BCUT2D eigenvalue weighted by Gasteiger charge is -2.23. The first-order chi connectivity index (χ1) is 13.8. The molecule has 1 aliphatic rings. The van der Waals surface area contributed by atoms with Gasteiger partial charge in [0.25, 0.3) is 11.6 Å². The van der Waals surface area contributed by atoms with E-state index >= 15 is 0 Å². The van der Waals surface area contributed by atoms with Crippen LogP contribution in [0.1, 0.15) is 13.3 Å². The standard InChI is InChI=1S/C19H17N3O6S/c1-11(18(24)20-12-5-4-6-13(9-12)22(26)27)28-17(23)10-16-19(25)21-14-7-2-3-8-15(14)29-16/h2-9,11,16H,10H2,1H3,(H,20,24)(H,21,25)/t11-,16+/m1/s1. The number of fused-ring (bicyclic) bond motifs is 1. The van der Waals surface area contributed by atoms with E-state index in [1.807, 2.05) is 12.1 Å². The number of carbonyl (C=O) groups is 3. The lowest BCUT2D eigenvalue weighted by atomic mass is 10.2. The highest BCUT2D eigenvalue weighted by molar-refractivity contribution is 8.01. The van der Waals surface area contributed by atoms with E-state index in [0.29, 0.717) is 5.69 Å². The largest absolute Gasteiger partial charge is 0.452 e. The average molecular weight is 415 g/mol. The van der Waals surface area contributed by atoms with Crippen molar-refractivity contribution in [2.45, 2.75) is 29.6 Å². The van der Waals surface area contributed by atoms with Gasteiger partial charge in [-0.15, -0.1) is 11.8 Å². The van der Waals surface area contributed by atoms with Gasteiger partial charge in [0.2, 0.25) is 5.91 Å². The number of nitrogens with one attached hydrogen (secondary N) is 2. The second-order valence-corrected chi connectivity index (χ2v) is 7.47. The molecule has 1 aliphatic heterocycles. The predicted molar refractivity (Wildman–Crippen MR) is 107 cm³/mol. The van der Waals surface area contributed by atoms with E-state index in [2.05, 4.69) is 10.6 Å². The van der Waals surface area contributed by atoms with Gasteiger partial charge in [-0.1, -0.05) is 18.2 Å². The summed E-state index contributed by atoms with van der Waals surface area (Å²) in [6, 6.07) is 12.7. The molecule has 0 saturated carbocycles. The Hall–Kier alpha value is -3.40. The molecule has 0 radical (unpaired) electrons. The molecule has 3 rings (SSSR count). The summed E-state index contributed by atoms with van der Waals surface area (Å²) < 4.78 is 5.12. The number of nitrogens with zero attached hydrogens (tertiary/aromatic N) is 1. The lowest BCUT2D eigenvalue weighted by molar-refractivity contribution is -0.384. The van der Waals surface area contributed by atoms with E-state index in [4.69, 9.17) is 4.74 Å². The van der Waals surface area contributed by atoms with Crippen LogP contribution in [0.5, 0.6) is 0 Å². The van der Waals surface area contributed by atoms with Gasteiger partial charge in [-0.25, -0.2) is 0 Å². The number of para-hydroxylation sites is 1. The maximum Gasteiger partial charge on any atom is 0.308 e. The minimum atomic E-state index is -1.13. The molecule has 0 fully saturated rings. The van der Waals surface area contributed by atoms with Crippen LogP contribution in [0.2, 0.25) is 0 Å². The Labute approximate surface area is 170 Å². The van der Waals surface area contributed by atoms with Gasteiger partial charge in [-0.05, 0) is 25.1 Å². The summed E-state index contributed by atoms with van der Waals surface area (Å²) in [4.78, 5) is 47.6. The van der Waals surface area contributed by atoms with E-state index in [1.165, 1.54) is 43.0 Å². The van der Waals surface area contributed by atoms with Gasteiger partial charge in [-0.3, -0.25) is 24.5 Å². The number of amides is 2. The summed E-state index contributed by atoms with van der Waals surface area (Å²) in [6.07, 6.45) is -1.33. The zero-order valence-corrected chi connectivity index (χ0v) is 16.1. The summed E-state index contributed by atoms with van der Waals surface area (Å²) in [5, 5.41) is 15.3. The van der Waals surface area contributed by atoms with Gasteiger partial charge >= 0.3 is 5.97 Å². The number of anilines is 2. The molecule has 0 saturated heterocycles. The van der Waals surface area contributed by atoms with Crippen LogP contribution in [-0.2, 0) is 19.1 Å². The summed E-state index contributed by atoms with van der Waals surface area (Å²) in [5.41, 5.74) is 0.732. The van der Waals surface area contributed by atoms with Gasteiger partial charge in [0.15, 0.2) is 6.10 Å². The Kier molecular flexibility index (Phi) is 6.13. The summed E-state index contributed by atoms with van der Waals surface area (Å²) in [7, 11) is 0. The number of non-ortho nitro benzene ring substituents is 1. The van der Waals surface area contributed by atoms with E-state index in [0.717, 1.165) is 4.90 Å². The van der Waals surface area contributed by atoms with Crippen LogP contribution in [0.25, 0.3) is 0 Å². The average Bonchev–Trinajstić information content (AvgIpc) is 2.68. The fourth-order valence-corrected chi connectivity index (χ4v) is 3.71. The third-order valence-corrected chi connectivity index (χ3v) is 5.34. The van der Waals surface area contributed by atoms with Gasteiger partial charge in [0, 0.05) is 22.7 Å². The van der Waals surface area contributed by atoms with Gasteiger partial charge in [0.1, 0.15) is 0 Å². The lowest BCUT2D eigenvalue weighted by Crippen LogP contribution is -2.34. The number of thioether (sulfide) groups is 1. The van der Waals surface area contributed by atoms with Crippen LogP contribution >= 0.6 is 11.8 Å². The molecule has 0 unspecified atom stereocenters. The van der Waals surface area contributed by atoms with Crippen LogP contribution in [0.15, 0.2) is 53.4 Å². The number of nitro groups is 1. The van der Waals surface area contributed by atoms with Crippen molar-refractivity contribution in [1.82, 2.24) is 0 Å². The summed E-state index contributed by atoms with van der Waals surface area (Å²) in [6.45, 7) is 1.38. The second kappa shape index (κ2) is 8.74. The number of hydrogen-bond donors (Lipinski definition) is 2. The number of esters is 1. The summed E-state index contributed by atoms with van der Waals surface area (Å²) >= 11 is 1.26. The first-order valence-electron chi connectivity index (χ1n) is 8.65. The van der Waals surface area contributed by atoms with Crippen molar-refractivity contribution >= 4 is 46.6 Å². The zero-order chi connectivity index (χ0) is 21.0. The quantitative estimate of drug-likeness (QED) is 0.422. The van der Waals surface area contributed by atoms with Crippen molar-refractivity contribution in [1.29, 1.82) is 0 Å². The number of carbonyl (C=O) groups excluding carboxylic acids is 3. The maximum atomic E-state index is 12.2. The molecule has 10 heteroatoms. The molecule has 2 aromatic carbocycles. The number of hydrogen-bond acceptors (Lipinski definition) is 7. The molecular formula is C19H17N3O6S. The van der Waals surface area contributed by atoms with E-state index in [1.54, 1.807) is 12.1 Å². The molecule has 0 spiro atoms. The molecule has 9 nitrogen and oxygen atoms in total. The fraction of sp³-hybridized carbons (Fsp3) is 0.211. The Morgan fingerprint density at radius 2 is 2.03 bits per heavy atom. The maximum absolute atomic E-state index is 12.2. The van der Waals surface area contributed by atoms with Crippen LogP contribution < -0.4 is 10.6 Å². The molecular weight excluding hydrogens is 398 g/mol. The molecule has 0 aliphatic carbocycles. The van der Waals surface area contributed by atoms with Crippen molar-refractivity contribution in [3.63, 3.8) is 0 Å². The molecule has 2 aromatic rings. The molecule has 0 bridgehead atoms. The molecule has 2 atom stereocenters. The predicted octanol–water partition coefficient (Wildman–Crippen LogP) is 2.97. The third kappa shape index (κ3) is 5.11. The Morgan fingerprint density at radius 3 is 2.79 bits per heavy atom. The monoisotopic (exact) mass is 415 g/mol. The normalized spacial score (nSPS) is 16.2. The number of ether oxygens (including phenoxy) is 1. The van der Waals surface area contributed by atoms with E-state index in [9.17, 15) is 24.5 Å².